The lowest BCUT2D eigenvalue weighted by molar-refractivity contribution is -0.384. The molecule has 2 aromatic heterocycles. The van der Waals surface area contributed by atoms with Crippen LogP contribution in [0, 0.1) is 15.9 Å². The van der Waals surface area contributed by atoms with Gasteiger partial charge in [0.25, 0.3) is 11.2 Å². The fourth-order valence-corrected chi connectivity index (χ4v) is 4.40. The molecule has 0 amide bonds. The van der Waals surface area contributed by atoms with Gasteiger partial charge in [0.05, 0.1) is 20.5 Å². The molecule has 0 saturated carbocycles. The Morgan fingerprint density at radius 2 is 1.91 bits per heavy atom. The Balaban J connectivity index is 1.61. The van der Waals surface area contributed by atoms with E-state index < -0.39 is 10.7 Å². The minimum atomic E-state index is -0.523. The zero-order valence-electron chi connectivity index (χ0n) is 16.4. The third kappa shape index (κ3) is 3.48. The normalized spacial score (nSPS) is 12.0. The Bertz CT molecular complexity index is 1610. The minimum Gasteiger partial charge on any atom is -0.488 e. The average Bonchev–Trinajstić information content (AvgIpc) is 3.30. The van der Waals surface area contributed by atoms with E-state index in [2.05, 4.69) is 4.98 Å². The first-order valence-corrected chi connectivity index (χ1v) is 10.4. The van der Waals surface area contributed by atoms with Gasteiger partial charge in [-0.25, -0.2) is 13.8 Å². The smallest absolute Gasteiger partial charge is 0.274 e. The van der Waals surface area contributed by atoms with Crippen LogP contribution in [0.25, 0.3) is 22.1 Å². The Morgan fingerprint density at radius 1 is 1.12 bits per heavy atom. The van der Waals surface area contributed by atoms with Gasteiger partial charge in [-0.05, 0) is 30.3 Å². The molecule has 0 aliphatic rings. The second-order valence-electron chi connectivity index (χ2n) is 6.99. The molecule has 0 atom stereocenters. The van der Waals surface area contributed by atoms with Crippen LogP contribution in [-0.2, 0) is 6.61 Å². The summed E-state index contributed by atoms with van der Waals surface area (Å²) in [7, 11) is 0. The van der Waals surface area contributed by atoms with Crippen molar-refractivity contribution >= 4 is 39.1 Å². The summed E-state index contributed by atoms with van der Waals surface area (Å²) in [4.78, 5) is 28.8. The number of thiazole rings is 1. The van der Waals surface area contributed by atoms with Crippen LogP contribution in [0.4, 0.5) is 10.1 Å². The van der Waals surface area contributed by atoms with Gasteiger partial charge in [0.15, 0.2) is 4.96 Å². The number of fused-ring (bicyclic) bond motifs is 3. The van der Waals surface area contributed by atoms with Crippen LogP contribution in [0.2, 0.25) is 0 Å². The standard InChI is InChI=1S/C23H14FN3O4S/c24-17-6-2-1-5-14(17)13-31-20-10-9-16(27(29)30)11-15(20)12-21-22(28)26-19-8-4-3-7-18(19)25-23(26)32-21/h1-12H,13H2/b21-12-. The lowest BCUT2D eigenvalue weighted by atomic mass is 10.1. The highest BCUT2D eigenvalue weighted by molar-refractivity contribution is 7.15. The summed E-state index contributed by atoms with van der Waals surface area (Å²) in [6.45, 7) is -0.0616. The highest BCUT2D eigenvalue weighted by Crippen LogP contribution is 2.26. The van der Waals surface area contributed by atoms with Gasteiger partial charge >= 0.3 is 0 Å². The molecule has 32 heavy (non-hydrogen) atoms. The number of halogens is 1. The number of ether oxygens (including phenoxy) is 1. The predicted octanol–water partition coefficient (Wildman–Crippen LogP) is 4.08. The number of non-ortho nitro benzene ring substituents is 1. The minimum absolute atomic E-state index is 0.0616. The van der Waals surface area contributed by atoms with Gasteiger partial charge in [-0.1, -0.05) is 41.7 Å². The molecule has 0 fully saturated rings. The number of rotatable bonds is 5. The molecule has 2 heterocycles. The first kappa shape index (κ1) is 19.8. The first-order chi connectivity index (χ1) is 15.5. The van der Waals surface area contributed by atoms with Crippen molar-refractivity contribution in [1.29, 1.82) is 0 Å². The molecule has 0 aliphatic carbocycles. The van der Waals surface area contributed by atoms with E-state index in [4.69, 9.17) is 4.74 Å². The van der Waals surface area contributed by atoms with Gasteiger partial charge in [-0.2, -0.15) is 0 Å². The van der Waals surface area contributed by atoms with E-state index in [0.717, 1.165) is 0 Å². The van der Waals surface area contributed by atoms with E-state index in [9.17, 15) is 19.3 Å². The van der Waals surface area contributed by atoms with Gasteiger partial charge < -0.3 is 4.74 Å². The lowest BCUT2D eigenvalue weighted by Gasteiger charge is -2.10. The van der Waals surface area contributed by atoms with Crippen LogP contribution in [0.15, 0.2) is 71.5 Å². The van der Waals surface area contributed by atoms with Gasteiger partial charge in [-0.3, -0.25) is 14.9 Å². The molecule has 0 spiro atoms. The second-order valence-corrected chi connectivity index (χ2v) is 8.00. The number of nitro groups is 1. The topological polar surface area (TPSA) is 86.7 Å². The zero-order chi connectivity index (χ0) is 22.2. The monoisotopic (exact) mass is 447 g/mol. The predicted molar refractivity (Wildman–Crippen MR) is 119 cm³/mol. The Hall–Kier alpha value is -4.11. The molecular formula is C23H14FN3O4S. The lowest BCUT2D eigenvalue weighted by Crippen LogP contribution is -2.22. The van der Waals surface area contributed by atoms with E-state index in [1.165, 1.54) is 40.0 Å². The SMILES string of the molecule is O=c1/c(=C/c2cc([N+](=O)[O-])ccc2OCc2ccccc2F)sc2nc3ccccc3n12. The van der Waals surface area contributed by atoms with E-state index >= 15 is 0 Å². The van der Waals surface area contributed by atoms with Crippen molar-refractivity contribution in [3.05, 3.63) is 109 Å². The molecule has 0 aliphatic heterocycles. The van der Waals surface area contributed by atoms with Crippen LogP contribution in [0.1, 0.15) is 11.1 Å². The largest absolute Gasteiger partial charge is 0.488 e. The molecule has 158 valence electrons. The molecule has 0 radical (unpaired) electrons. The number of hydrogen-bond donors (Lipinski definition) is 0. The quantitative estimate of drug-likeness (QED) is 0.299. The van der Waals surface area contributed by atoms with Crippen LogP contribution in [0.5, 0.6) is 5.75 Å². The number of hydrogen-bond acceptors (Lipinski definition) is 6. The second kappa shape index (κ2) is 7.86. The van der Waals surface area contributed by atoms with Crippen molar-refractivity contribution in [2.75, 3.05) is 0 Å². The molecular weight excluding hydrogens is 433 g/mol. The molecule has 0 unspecified atom stereocenters. The summed E-state index contributed by atoms with van der Waals surface area (Å²) in [5.41, 5.74) is 1.69. The van der Waals surface area contributed by atoms with Gasteiger partial charge in [0, 0.05) is 23.3 Å². The van der Waals surface area contributed by atoms with Gasteiger partial charge in [-0.15, -0.1) is 0 Å². The fourth-order valence-electron chi connectivity index (χ4n) is 3.42. The summed E-state index contributed by atoms with van der Waals surface area (Å²) in [6, 6.07) is 17.6. The number of para-hydroxylation sites is 2. The maximum Gasteiger partial charge on any atom is 0.274 e. The van der Waals surface area contributed by atoms with Crippen molar-refractivity contribution in [1.82, 2.24) is 9.38 Å². The van der Waals surface area contributed by atoms with Crippen molar-refractivity contribution in [3.63, 3.8) is 0 Å². The van der Waals surface area contributed by atoms with Crippen LogP contribution >= 0.6 is 11.3 Å². The molecule has 0 saturated heterocycles. The van der Waals surface area contributed by atoms with E-state index in [-0.39, 0.29) is 17.9 Å². The van der Waals surface area contributed by atoms with E-state index in [1.807, 2.05) is 24.3 Å². The Kier molecular flexibility index (Phi) is 4.87. The Labute approximate surface area is 183 Å². The van der Waals surface area contributed by atoms with Crippen LogP contribution in [0.3, 0.4) is 0 Å². The fraction of sp³-hybridized carbons (Fsp3) is 0.0435. The molecule has 0 bridgehead atoms. The third-order valence-corrected chi connectivity index (χ3v) is 5.95. The van der Waals surface area contributed by atoms with Gasteiger partial charge in [0.1, 0.15) is 18.2 Å². The molecule has 3 aromatic carbocycles. The molecule has 0 N–H and O–H groups in total. The summed E-state index contributed by atoms with van der Waals surface area (Å²) < 4.78 is 21.6. The highest BCUT2D eigenvalue weighted by atomic mass is 32.1. The number of aromatic nitrogens is 2. The average molecular weight is 447 g/mol. The number of benzene rings is 3. The highest BCUT2D eigenvalue weighted by Gasteiger charge is 2.14. The van der Waals surface area contributed by atoms with Gasteiger partial charge in [0.2, 0.25) is 0 Å². The van der Waals surface area contributed by atoms with E-state index in [1.54, 1.807) is 24.3 Å². The van der Waals surface area contributed by atoms with Crippen molar-refractivity contribution in [2.24, 2.45) is 0 Å². The molecule has 5 rings (SSSR count). The van der Waals surface area contributed by atoms with Crippen LogP contribution in [-0.4, -0.2) is 14.3 Å². The number of nitro benzene ring substituents is 1. The van der Waals surface area contributed by atoms with Crippen LogP contribution < -0.4 is 14.8 Å². The molecule has 7 nitrogen and oxygen atoms in total. The zero-order valence-corrected chi connectivity index (χ0v) is 17.2. The van der Waals surface area contributed by atoms with Crippen molar-refractivity contribution in [2.45, 2.75) is 6.61 Å². The Morgan fingerprint density at radius 3 is 2.72 bits per heavy atom. The van der Waals surface area contributed by atoms with Crippen molar-refractivity contribution < 1.29 is 14.1 Å². The summed E-state index contributed by atoms with van der Waals surface area (Å²) in [6.07, 6.45) is 1.54. The molecule has 5 aromatic rings. The maximum atomic E-state index is 13.9. The first-order valence-electron chi connectivity index (χ1n) is 9.57. The summed E-state index contributed by atoms with van der Waals surface area (Å²) in [5, 5.41) is 11.3. The molecule has 9 heteroatoms. The maximum absolute atomic E-state index is 13.9. The number of nitrogens with zero attached hydrogens (tertiary/aromatic N) is 3. The van der Waals surface area contributed by atoms with E-state index in [0.29, 0.717) is 37.4 Å². The number of imidazole rings is 1. The third-order valence-electron chi connectivity index (χ3n) is 4.98. The van der Waals surface area contributed by atoms with Crippen molar-refractivity contribution in [3.8, 4) is 5.75 Å². The summed E-state index contributed by atoms with van der Waals surface area (Å²) in [5.74, 6) is -0.109. The summed E-state index contributed by atoms with van der Waals surface area (Å²) >= 11 is 1.18.